The van der Waals surface area contributed by atoms with E-state index < -0.39 is 23.8 Å². The van der Waals surface area contributed by atoms with Crippen molar-refractivity contribution in [3.8, 4) is 11.5 Å². The summed E-state index contributed by atoms with van der Waals surface area (Å²) in [5.74, 6) is 0.344. The third-order valence-electron chi connectivity index (χ3n) is 6.45. The van der Waals surface area contributed by atoms with Crippen molar-refractivity contribution in [2.45, 2.75) is 62.9 Å². The number of carboxylic acid groups (broad SMARTS) is 1. The van der Waals surface area contributed by atoms with Gasteiger partial charge in [-0.3, -0.25) is 4.79 Å². The number of carbonyl (C=O) groups is 1. The van der Waals surface area contributed by atoms with Gasteiger partial charge in [0.15, 0.2) is 0 Å². The summed E-state index contributed by atoms with van der Waals surface area (Å²) >= 11 is 0. The molecule has 0 saturated heterocycles. The van der Waals surface area contributed by atoms with Crippen LogP contribution < -0.4 is 9.47 Å². The minimum absolute atomic E-state index is 0.0358. The standard InChI is InChI=1S/C26H30O6/c1-26(2,32-17-8-4-3-5-9-17)22(28)13-12-18-20(27)15-21-24(18)19-10-6-7-16(25(19)31-21)11-14-23(29)30/h3-10,12-13,18,20-22,24,27-28H,11,14-15H2,1-2H3,(H,29,30)/b13-12+/t18-,20+,21?,22+,24-/m0/s1. The van der Waals surface area contributed by atoms with Crippen LogP contribution in [0.2, 0.25) is 0 Å². The van der Waals surface area contributed by atoms with Crippen LogP contribution in [0.25, 0.3) is 0 Å². The molecule has 1 saturated carbocycles. The van der Waals surface area contributed by atoms with Crippen molar-refractivity contribution >= 4 is 5.97 Å². The molecule has 5 atom stereocenters. The first kappa shape index (κ1) is 22.4. The molecular formula is C26H30O6. The van der Waals surface area contributed by atoms with Crippen molar-refractivity contribution in [1.82, 2.24) is 0 Å². The second-order valence-corrected chi connectivity index (χ2v) is 9.14. The molecule has 1 aliphatic heterocycles. The SMILES string of the molecule is CC(C)(Oc1ccccc1)[C@H](O)/C=C/[C@H]1[C@H](O)CC2Oc3c(CCC(=O)O)cccc3[C@@H]21. The van der Waals surface area contributed by atoms with Gasteiger partial charge in [0.1, 0.15) is 29.3 Å². The topological polar surface area (TPSA) is 96.2 Å². The largest absolute Gasteiger partial charge is 0.489 e. The number of ether oxygens (including phenoxy) is 2. The number of hydrogen-bond acceptors (Lipinski definition) is 5. The highest BCUT2D eigenvalue weighted by Gasteiger charge is 2.49. The number of aliphatic hydroxyl groups is 2. The van der Waals surface area contributed by atoms with Crippen LogP contribution >= 0.6 is 0 Å². The molecule has 0 amide bonds. The van der Waals surface area contributed by atoms with Crippen LogP contribution in [0.4, 0.5) is 0 Å². The lowest BCUT2D eigenvalue weighted by Gasteiger charge is -2.30. The molecule has 6 heteroatoms. The number of para-hydroxylation sites is 2. The second kappa shape index (κ2) is 8.96. The quantitative estimate of drug-likeness (QED) is 0.544. The third-order valence-corrected chi connectivity index (χ3v) is 6.45. The zero-order valence-electron chi connectivity index (χ0n) is 18.3. The molecule has 2 aromatic carbocycles. The van der Waals surface area contributed by atoms with Crippen molar-refractivity contribution in [1.29, 1.82) is 0 Å². The monoisotopic (exact) mass is 438 g/mol. The predicted molar refractivity (Wildman–Crippen MR) is 120 cm³/mol. The van der Waals surface area contributed by atoms with Gasteiger partial charge in [0.2, 0.25) is 0 Å². The number of rotatable bonds is 8. The minimum atomic E-state index is -0.877. The molecule has 1 aliphatic carbocycles. The lowest BCUT2D eigenvalue weighted by Crippen LogP contribution is -2.41. The zero-order chi connectivity index (χ0) is 22.9. The Morgan fingerprint density at radius 2 is 1.97 bits per heavy atom. The average molecular weight is 439 g/mol. The highest BCUT2D eigenvalue weighted by Crippen LogP contribution is 2.52. The molecule has 170 valence electrons. The van der Waals surface area contributed by atoms with Crippen molar-refractivity contribution < 1.29 is 29.6 Å². The molecule has 6 nitrogen and oxygen atoms in total. The van der Waals surface area contributed by atoms with Crippen molar-refractivity contribution in [2.75, 3.05) is 0 Å². The van der Waals surface area contributed by atoms with E-state index in [9.17, 15) is 15.0 Å². The van der Waals surface area contributed by atoms with Crippen LogP contribution in [0.1, 0.15) is 43.7 Å². The van der Waals surface area contributed by atoms with Gasteiger partial charge in [0, 0.05) is 30.2 Å². The number of fused-ring (bicyclic) bond motifs is 3. The Kier molecular flexibility index (Phi) is 6.26. The Hall–Kier alpha value is -2.83. The zero-order valence-corrected chi connectivity index (χ0v) is 18.3. The fourth-order valence-electron chi connectivity index (χ4n) is 4.72. The maximum atomic E-state index is 11.0. The summed E-state index contributed by atoms with van der Waals surface area (Å²) in [4.78, 5) is 11.0. The van der Waals surface area contributed by atoms with Crippen LogP contribution in [-0.4, -0.2) is 45.2 Å². The van der Waals surface area contributed by atoms with E-state index in [1.165, 1.54) is 0 Å². The van der Waals surface area contributed by atoms with E-state index >= 15 is 0 Å². The van der Waals surface area contributed by atoms with Crippen molar-refractivity contribution in [3.63, 3.8) is 0 Å². The van der Waals surface area contributed by atoms with Crippen LogP contribution in [-0.2, 0) is 11.2 Å². The normalized spacial score (nSPS) is 25.2. The maximum Gasteiger partial charge on any atom is 0.303 e. The Morgan fingerprint density at radius 1 is 1.22 bits per heavy atom. The van der Waals surface area contributed by atoms with E-state index in [2.05, 4.69) is 0 Å². The fourth-order valence-corrected chi connectivity index (χ4v) is 4.72. The Bertz CT molecular complexity index is 983. The van der Waals surface area contributed by atoms with E-state index in [1.54, 1.807) is 6.08 Å². The van der Waals surface area contributed by atoms with Gasteiger partial charge in [-0.25, -0.2) is 0 Å². The average Bonchev–Trinajstić information content (AvgIpc) is 3.25. The van der Waals surface area contributed by atoms with E-state index in [0.717, 1.165) is 16.9 Å². The van der Waals surface area contributed by atoms with Gasteiger partial charge < -0.3 is 24.8 Å². The highest BCUT2D eigenvalue weighted by molar-refractivity contribution is 5.67. The Morgan fingerprint density at radius 3 is 2.69 bits per heavy atom. The molecule has 2 aliphatic rings. The highest BCUT2D eigenvalue weighted by atomic mass is 16.5. The molecule has 0 aromatic heterocycles. The molecule has 2 aromatic rings. The van der Waals surface area contributed by atoms with E-state index in [1.807, 2.05) is 68.5 Å². The summed E-state index contributed by atoms with van der Waals surface area (Å²) in [6, 6.07) is 15.2. The molecular weight excluding hydrogens is 408 g/mol. The summed E-state index contributed by atoms with van der Waals surface area (Å²) in [7, 11) is 0. The number of aryl methyl sites for hydroxylation is 1. The first-order chi connectivity index (χ1) is 15.3. The summed E-state index contributed by atoms with van der Waals surface area (Å²) < 4.78 is 12.1. The molecule has 1 unspecified atom stereocenters. The third kappa shape index (κ3) is 4.52. The first-order valence-electron chi connectivity index (χ1n) is 11.0. The van der Waals surface area contributed by atoms with Gasteiger partial charge in [0.25, 0.3) is 0 Å². The molecule has 32 heavy (non-hydrogen) atoms. The second-order valence-electron chi connectivity index (χ2n) is 9.14. The van der Waals surface area contributed by atoms with Crippen molar-refractivity contribution in [2.24, 2.45) is 5.92 Å². The van der Waals surface area contributed by atoms with E-state index in [0.29, 0.717) is 18.6 Å². The molecule has 3 N–H and O–H groups in total. The Balaban J connectivity index is 1.51. The summed E-state index contributed by atoms with van der Waals surface area (Å²) in [6.45, 7) is 3.65. The molecule has 4 rings (SSSR count). The van der Waals surface area contributed by atoms with Gasteiger partial charge in [-0.15, -0.1) is 0 Å². The van der Waals surface area contributed by atoms with Crippen LogP contribution in [0.5, 0.6) is 11.5 Å². The number of aliphatic hydroxyl groups excluding tert-OH is 2. The summed E-state index contributed by atoms with van der Waals surface area (Å²) in [6.07, 6.45) is 2.90. The predicted octanol–water partition coefficient (Wildman–Crippen LogP) is 3.70. The molecule has 0 bridgehead atoms. The smallest absolute Gasteiger partial charge is 0.303 e. The van der Waals surface area contributed by atoms with Crippen LogP contribution in [0.15, 0.2) is 60.7 Å². The molecule has 1 heterocycles. The fraction of sp³-hybridized carbons (Fsp3) is 0.423. The Labute approximate surface area is 188 Å². The maximum absolute atomic E-state index is 11.0. The van der Waals surface area contributed by atoms with E-state index in [4.69, 9.17) is 14.6 Å². The van der Waals surface area contributed by atoms with Gasteiger partial charge >= 0.3 is 5.97 Å². The van der Waals surface area contributed by atoms with E-state index in [-0.39, 0.29) is 24.4 Å². The number of benzene rings is 2. The number of hydrogen-bond donors (Lipinski definition) is 3. The summed E-state index contributed by atoms with van der Waals surface area (Å²) in [5.41, 5.74) is 1.03. The van der Waals surface area contributed by atoms with Gasteiger partial charge in [-0.1, -0.05) is 48.6 Å². The molecule has 0 radical (unpaired) electrons. The van der Waals surface area contributed by atoms with Crippen LogP contribution in [0.3, 0.4) is 0 Å². The molecule has 1 fully saturated rings. The van der Waals surface area contributed by atoms with Gasteiger partial charge in [0.05, 0.1) is 6.10 Å². The first-order valence-corrected chi connectivity index (χ1v) is 11.0. The molecule has 0 spiro atoms. The van der Waals surface area contributed by atoms with Crippen LogP contribution in [0, 0.1) is 5.92 Å². The lowest BCUT2D eigenvalue weighted by atomic mass is 9.86. The van der Waals surface area contributed by atoms with Crippen molar-refractivity contribution in [3.05, 3.63) is 71.8 Å². The summed E-state index contributed by atoms with van der Waals surface area (Å²) in [5, 5.41) is 30.5. The number of carboxylic acids is 1. The van der Waals surface area contributed by atoms with Gasteiger partial charge in [-0.05, 0) is 38.0 Å². The number of aliphatic carboxylic acids is 1. The van der Waals surface area contributed by atoms with Gasteiger partial charge in [-0.2, -0.15) is 0 Å². The lowest BCUT2D eigenvalue weighted by molar-refractivity contribution is -0.136. The minimum Gasteiger partial charge on any atom is -0.489 e.